The van der Waals surface area contributed by atoms with Crippen LogP contribution >= 0.6 is 0 Å². The summed E-state index contributed by atoms with van der Waals surface area (Å²) in [5.41, 5.74) is 0.188. The summed E-state index contributed by atoms with van der Waals surface area (Å²) in [6.45, 7) is 6.25. The van der Waals surface area contributed by atoms with Gasteiger partial charge in [-0.3, -0.25) is 0 Å². The van der Waals surface area contributed by atoms with Crippen molar-refractivity contribution >= 4 is 0 Å². The molecule has 4 fully saturated rings. The summed E-state index contributed by atoms with van der Waals surface area (Å²) in [5.74, 6) is 1.56. The molecule has 5 rings (SSSR count). The highest BCUT2D eigenvalue weighted by molar-refractivity contribution is 5.24. The maximum atomic E-state index is 11.7. The van der Waals surface area contributed by atoms with Crippen LogP contribution in [-0.2, 0) is 10.3 Å². The molecule has 1 aromatic rings. The fourth-order valence-electron chi connectivity index (χ4n) is 5.32. The van der Waals surface area contributed by atoms with E-state index >= 15 is 0 Å². The first-order valence-corrected chi connectivity index (χ1v) is 9.78. The summed E-state index contributed by atoms with van der Waals surface area (Å²) in [7, 11) is 0. The summed E-state index contributed by atoms with van der Waals surface area (Å²) in [4.78, 5) is 2.52. The summed E-state index contributed by atoms with van der Waals surface area (Å²) >= 11 is 0. The van der Waals surface area contributed by atoms with E-state index in [4.69, 9.17) is 4.74 Å². The van der Waals surface area contributed by atoms with Crippen LogP contribution in [0.15, 0.2) is 30.3 Å². The number of rotatable bonds is 5. The number of piperidine rings is 3. The van der Waals surface area contributed by atoms with Crippen molar-refractivity contribution < 1.29 is 9.84 Å². The van der Waals surface area contributed by atoms with Crippen molar-refractivity contribution in [2.24, 2.45) is 17.8 Å². The Morgan fingerprint density at radius 1 is 1.12 bits per heavy atom. The molecular formula is C21H31NO2. The molecule has 4 aliphatic rings. The van der Waals surface area contributed by atoms with Crippen LogP contribution in [0.1, 0.15) is 44.6 Å². The maximum absolute atomic E-state index is 11.7. The maximum Gasteiger partial charge on any atom is 0.116 e. The van der Waals surface area contributed by atoms with E-state index in [1.165, 1.54) is 38.8 Å². The number of hydrogen-bond donors (Lipinski definition) is 1. The Morgan fingerprint density at radius 3 is 2.46 bits per heavy atom. The molecule has 2 bridgehead atoms. The highest BCUT2D eigenvalue weighted by Crippen LogP contribution is 2.45. The standard InChI is InChI=1S/C21H31NO2/c1-16-6-5-9-19(16)21(23,18-7-3-2-4-8-18)15-24-20-14-22-12-10-17(20)11-13-22/h2-4,7-8,16-17,19-20,23H,5-6,9-15H2,1H3. The minimum atomic E-state index is -0.844. The Labute approximate surface area is 146 Å². The smallest absolute Gasteiger partial charge is 0.116 e. The molecule has 0 aromatic heterocycles. The number of fused-ring (bicyclic) bond motifs is 3. The predicted octanol–water partition coefficient (Wildman–Crippen LogP) is 3.42. The van der Waals surface area contributed by atoms with Crippen LogP contribution in [0.25, 0.3) is 0 Å². The first kappa shape index (κ1) is 16.6. The Kier molecular flexibility index (Phi) is 4.68. The van der Waals surface area contributed by atoms with E-state index in [9.17, 15) is 5.11 Å². The van der Waals surface area contributed by atoms with Crippen molar-refractivity contribution in [2.45, 2.75) is 50.7 Å². The zero-order valence-electron chi connectivity index (χ0n) is 14.9. The van der Waals surface area contributed by atoms with Gasteiger partial charge >= 0.3 is 0 Å². The average molecular weight is 329 g/mol. The molecule has 3 heterocycles. The second-order valence-corrected chi connectivity index (χ2v) is 8.29. The van der Waals surface area contributed by atoms with Gasteiger partial charge in [0.05, 0.1) is 12.7 Å². The van der Waals surface area contributed by atoms with Gasteiger partial charge in [-0.15, -0.1) is 0 Å². The van der Waals surface area contributed by atoms with Crippen molar-refractivity contribution in [3.05, 3.63) is 35.9 Å². The lowest BCUT2D eigenvalue weighted by Gasteiger charge is -2.46. The van der Waals surface area contributed by atoms with E-state index in [0.29, 0.717) is 30.5 Å². The zero-order valence-corrected chi connectivity index (χ0v) is 14.9. The Hall–Kier alpha value is -0.900. The van der Waals surface area contributed by atoms with Crippen molar-refractivity contribution in [1.82, 2.24) is 4.90 Å². The lowest BCUT2D eigenvalue weighted by molar-refractivity contribution is -0.148. The average Bonchev–Trinajstić information content (AvgIpc) is 3.08. The third-order valence-corrected chi connectivity index (χ3v) is 6.86. The van der Waals surface area contributed by atoms with Gasteiger partial charge in [-0.05, 0) is 55.7 Å². The SMILES string of the molecule is CC1CCCC1C(O)(COC1CN2CCC1CC2)c1ccccc1. The lowest BCUT2D eigenvalue weighted by Crippen LogP contribution is -2.53. The van der Waals surface area contributed by atoms with E-state index in [2.05, 4.69) is 24.0 Å². The van der Waals surface area contributed by atoms with Gasteiger partial charge in [-0.1, -0.05) is 50.1 Å². The Morgan fingerprint density at radius 2 is 1.88 bits per heavy atom. The highest BCUT2D eigenvalue weighted by atomic mass is 16.5. The number of aliphatic hydroxyl groups is 1. The molecule has 0 spiro atoms. The van der Waals surface area contributed by atoms with Crippen molar-refractivity contribution in [3.63, 3.8) is 0 Å². The molecule has 3 aliphatic heterocycles. The topological polar surface area (TPSA) is 32.7 Å². The van der Waals surface area contributed by atoms with Crippen LogP contribution in [-0.4, -0.2) is 42.4 Å². The quantitative estimate of drug-likeness (QED) is 0.898. The molecule has 4 atom stereocenters. The third-order valence-electron chi connectivity index (χ3n) is 6.86. The van der Waals surface area contributed by atoms with Gasteiger partial charge < -0.3 is 14.7 Å². The van der Waals surface area contributed by atoms with E-state index in [1.807, 2.05) is 18.2 Å². The number of nitrogens with zero attached hydrogens (tertiary/aromatic N) is 1. The van der Waals surface area contributed by atoms with E-state index < -0.39 is 5.60 Å². The van der Waals surface area contributed by atoms with Gasteiger partial charge in [0, 0.05) is 6.54 Å². The van der Waals surface area contributed by atoms with Crippen LogP contribution in [0.3, 0.4) is 0 Å². The molecule has 1 aliphatic carbocycles. The summed E-state index contributed by atoms with van der Waals surface area (Å²) in [6, 6.07) is 10.2. The molecular weight excluding hydrogens is 298 g/mol. The fraction of sp³-hybridized carbons (Fsp3) is 0.714. The second kappa shape index (κ2) is 6.78. The zero-order chi connectivity index (χ0) is 16.6. The lowest BCUT2D eigenvalue weighted by atomic mass is 9.76. The second-order valence-electron chi connectivity index (χ2n) is 8.29. The number of hydrogen-bond acceptors (Lipinski definition) is 3. The summed E-state index contributed by atoms with van der Waals surface area (Å²) in [6.07, 6.45) is 6.37. The molecule has 24 heavy (non-hydrogen) atoms. The molecule has 1 aromatic carbocycles. The number of benzene rings is 1. The van der Waals surface area contributed by atoms with Gasteiger partial charge in [0.15, 0.2) is 0 Å². The van der Waals surface area contributed by atoms with Gasteiger partial charge in [0.1, 0.15) is 5.60 Å². The van der Waals surface area contributed by atoms with Crippen molar-refractivity contribution in [2.75, 3.05) is 26.2 Å². The Balaban J connectivity index is 1.52. The van der Waals surface area contributed by atoms with Gasteiger partial charge in [-0.25, -0.2) is 0 Å². The van der Waals surface area contributed by atoms with Crippen LogP contribution < -0.4 is 0 Å². The van der Waals surface area contributed by atoms with E-state index in [0.717, 1.165) is 18.5 Å². The molecule has 4 unspecified atom stereocenters. The fourth-order valence-corrected chi connectivity index (χ4v) is 5.32. The first-order chi connectivity index (χ1) is 11.7. The largest absolute Gasteiger partial charge is 0.382 e. The highest BCUT2D eigenvalue weighted by Gasteiger charge is 2.45. The normalized spacial score (nSPS) is 38.2. The minimum Gasteiger partial charge on any atom is -0.382 e. The first-order valence-electron chi connectivity index (χ1n) is 9.78. The molecule has 3 heteroatoms. The minimum absolute atomic E-state index is 0.305. The third kappa shape index (κ3) is 3.02. The van der Waals surface area contributed by atoms with Gasteiger partial charge in [-0.2, -0.15) is 0 Å². The van der Waals surface area contributed by atoms with Crippen LogP contribution in [0.4, 0.5) is 0 Å². The van der Waals surface area contributed by atoms with E-state index in [1.54, 1.807) is 0 Å². The van der Waals surface area contributed by atoms with Crippen LogP contribution in [0.2, 0.25) is 0 Å². The van der Waals surface area contributed by atoms with E-state index in [-0.39, 0.29) is 0 Å². The summed E-state index contributed by atoms with van der Waals surface area (Å²) in [5, 5.41) is 11.7. The molecule has 3 saturated heterocycles. The molecule has 0 radical (unpaired) electrons. The summed E-state index contributed by atoms with van der Waals surface area (Å²) < 4.78 is 6.41. The molecule has 1 saturated carbocycles. The van der Waals surface area contributed by atoms with Crippen LogP contribution in [0, 0.1) is 17.8 Å². The number of ether oxygens (including phenoxy) is 1. The molecule has 3 nitrogen and oxygen atoms in total. The van der Waals surface area contributed by atoms with Crippen molar-refractivity contribution in [3.8, 4) is 0 Å². The molecule has 1 N–H and O–H groups in total. The van der Waals surface area contributed by atoms with Crippen molar-refractivity contribution in [1.29, 1.82) is 0 Å². The Bertz CT molecular complexity index is 540. The van der Waals surface area contributed by atoms with Crippen LogP contribution in [0.5, 0.6) is 0 Å². The van der Waals surface area contributed by atoms with Gasteiger partial charge in [0.2, 0.25) is 0 Å². The predicted molar refractivity (Wildman–Crippen MR) is 95.7 cm³/mol. The molecule has 132 valence electrons. The monoisotopic (exact) mass is 329 g/mol. The molecule has 0 amide bonds. The van der Waals surface area contributed by atoms with Gasteiger partial charge in [0.25, 0.3) is 0 Å².